The van der Waals surface area contributed by atoms with E-state index in [1.54, 1.807) is 18.5 Å². The molecule has 2 aromatic heterocycles. The van der Waals surface area contributed by atoms with Gasteiger partial charge < -0.3 is 15.4 Å². The minimum Gasteiger partial charge on any atom is -0.488 e. The summed E-state index contributed by atoms with van der Waals surface area (Å²) in [5.41, 5.74) is 1.03. The number of pyridine rings is 2. The molecule has 1 amide bonds. The zero-order chi connectivity index (χ0) is 26.6. The van der Waals surface area contributed by atoms with Crippen molar-refractivity contribution in [3.8, 4) is 5.75 Å². The molecule has 7 nitrogen and oxygen atoms in total. The maximum Gasteiger partial charge on any atom is 0.278 e. The van der Waals surface area contributed by atoms with Gasteiger partial charge in [-0.3, -0.25) is 19.7 Å². The molecule has 12 heteroatoms. The van der Waals surface area contributed by atoms with Crippen LogP contribution in [0.4, 0.5) is 13.2 Å². The summed E-state index contributed by atoms with van der Waals surface area (Å²) in [5.74, 6) is -0.464. The van der Waals surface area contributed by atoms with Gasteiger partial charge in [-0.05, 0) is 37.1 Å². The van der Waals surface area contributed by atoms with Crippen LogP contribution in [0, 0.1) is 5.82 Å². The summed E-state index contributed by atoms with van der Waals surface area (Å²) in [6.45, 7) is 1.14. The first-order valence-electron chi connectivity index (χ1n) is 12.1. The van der Waals surface area contributed by atoms with Gasteiger partial charge in [-0.2, -0.15) is 0 Å². The number of amides is 1. The number of benzene rings is 1. The van der Waals surface area contributed by atoms with Crippen molar-refractivity contribution in [2.75, 3.05) is 25.5 Å². The Balaban J connectivity index is 1.30. The lowest BCUT2D eigenvalue weighted by Gasteiger charge is -2.38. The van der Waals surface area contributed by atoms with E-state index in [2.05, 4.69) is 25.5 Å². The Bertz CT molecular complexity index is 1330. The van der Waals surface area contributed by atoms with Gasteiger partial charge in [-0.1, -0.05) is 17.7 Å². The quantitative estimate of drug-likeness (QED) is 0.406. The molecule has 1 atom stereocenters. The predicted molar refractivity (Wildman–Crippen MR) is 141 cm³/mol. The first-order valence-corrected chi connectivity index (χ1v) is 13.5. The molecule has 2 aliphatic heterocycles. The first-order chi connectivity index (χ1) is 18.4. The number of rotatable bonds is 8. The number of fused-ring (bicyclic) bond motifs is 1. The number of nitrogens with zero attached hydrogens (tertiary/aromatic N) is 3. The fraction of sp³-hybridized carbons (Fsp3) is 0.346. The summed E-state index contributed by atoms with van der Waals surface area (Å²) in [4.78, 5) is 24.0. The van der Waals surface area contributed by atoms with E-state index >= 15 is 0 Å². The molecular formula is C26H25ClF3N5O2S. The molecule has 0 bridgehead atoms. The van der Waals surface area contributed by atoms with E-state index < -0.39 is 24.2 Å². The summed E-state index contributed by atoms with van der Waals surface area (Å²) in [5, 5.41) is 5.46. The number of hydrogen-bond acceptors (Lipinski definition) is 7. The van der Waals surface area contributed by atoms with Crippen molar-refractivity contribution in [2.45, 2.75) is 31.4 Å². The van der Waals surface area contributed by atoms with Crippen LogP contribution in [0.25, 0.3) is 11.0 Å². The molecule has 3 aromatic rings. The van der Waals surface area contributed by atoms with E-state index in [1.807, 2.05) is 12.1 Å². The van der Waals surface area contributed by atoms with Crippen LogP contribution < -0.4 is 15.4 Å². The molecular weight excluding hydrogens is 539 g/mol. The largest absolute Gasteiger partial charge is 0.488 e. The first kappa shape index (κ1) is 26.6. The minimum atomic E-state index is -2.67. The lowest BCUT2D eigenvalue weighted by atomic mass is 10.0. The molecule has 0 aliphatic carbocycles. The number of allylic oxidation sites excluding steroid dienone is 1. The van der Waals surface area contributed by atoms with Crippen molar-refractivity contribution in [2.24, 2.45) is 0 Å². The highest BCUT2D eigenvalue weighted by atomic mass is 35.5. The third-order valence-corrected chi connectivity index (χ3v) is 8.00. The zero-order valence-corrected chi connectivity index (χ0v) is 21.7. The van der Waals surface area contributed by atoms with E-state index in [4.69, 9.17) is 16.3 Å². The number of thioether (sulfide) groups is 1. The summed E-state index contributed by atoms with van der Waals surface area (Å²) >= 11 is 7.33. The van der Waals surface area contributed by atoms with Gasteiger partial charge in [0.25, 0.3) is 12.3 Å². The Morgan fingerprint density at radius 2 is 2.00 bits per heavy atom. The van der Waals surface area contributed by atoms with Gasteiger partial charge in [-0.25, -0.2) is 13.2 Å². The highest BCUT2D eigenvalue weighted by Gasteiger charge is 2.35. The van der Waals surface area contributed by atoms with Crippen molar-refractivity contribution in [1.29, 1.82) is 0 Å². The van der Waals surface area contributed by atoms with E-state index in [9.17, 15) is 18.0 Å². The number of likely N-dealkylation sites (tertiary alicyclic amines) is 1. The van der Waals surface area contributed by atoms with E-state index in [0.717, 1.165) is 11.6 Å². The Hall–Kier alpha value is -3.02. The van der Waals surface area contributed by atoms with Gasteiger partial charge in [-0.15, -0.1) is 11.8 Å². The molecule has 1 fully saturated rings. The fourth-order valence-corrected chi connectivity index (χ4v) is 6.11. The molecule has 0 saturated carbocycles. The monoisotopic (exact) mass is 563 g/mol. The number of ether oxygens (including phenoxy) is 1. The number of carbonyl (C=O) groups is 1. The number of carbonyl (C=O) groups excluding carboxylic acids is 1. The van der Waals surface area contributed by atoms with Crippen LogP contribution in [0.5, 0.6) is 5.75 Å². The Kier molecular flexibility index (Phi) is 8.25. The van der Waals surface area contributed by atoms with Crippen molar-refractivity contribution in [1.82, 2.24) is 25.5 Å². The third kappa shape index (κ3) is 5.69. The number of hydrogen-bond donors (Lipinski definition) is 2. The van der Waals surface area contributed by atoms with Crippen molar-refractivity contribution < 1.29 is 22.7 Å². The summed E-state index contributed by atoms with van der Waals surface area (Å²) in [6, 6.07) is 8.94. The van der Waals surface area contributed by atoms with Gasteiger partial charge in [0, 0.05) is 43.0 Å². The van der Waals surface area contributed by atoms with Crippen LogP contribution in [0.1, 0.15) is 23.2 Å². The topological polar surface area (TPSA) is 79.4 Å². The van der Waals surface area contributed by atoms with Crippen LogP contribution in [0.2, 0.25) is 5.02 Å². The highest BCUT2D eigenvalue weighted by molar-refractivity contribution is 8.03. The molecule has 1 aromatic carbocycles. The standard InChI is InChI=1S/C26H25ClF3N5O2S/c27-16-3-1-4-17(28)21(16)26(36)33-13-19(24-23(25(29)30)34-14-38-24)35-11-7-15(8-12-35)37-20-6-10-31-18-5-2-9-32-22(18)20/h1-6,9-10,15,19,25,34H,7-8,11-14H2,(H,33,36). The van der Waals surface area contributed by atoms with Gasteiger partial charge in [0.15, 0.2) is 0 Å². The molecule has 2 N–H and O–H groups in total. The van der Waals surface area contributed by atoms with Gasteiger partial charge in [0.2, 0.25) is 0 Å². The molecule has 0 radical (unpaired) electrons. The van der Waals surface area contributed by atoms with Crippen molar-refractivity contribution in [3.63, 3.8) is 0 Å². The van der Waals surface area contributed by atoms with Crippen molar-refractivity contribution >= 4 is 40.3 Å². The highest BCUT2D eigenvalue weighted by Crippen LogP contribution is 2.35. The van der Waals surface area contributed by atoms with Gasteiger partial charge in [0.1, 0.15) is 23.2 Å². The maximum atomic E-state index is 14.3. The van der Waals surface area contributed by atoms with E-state index in [-0.39, 0.29) is 28.9 Å². The summed E-state index contributed by atoms with van der Waals surface area (Å²) in [6.07, 6.45) is 1.90. The van der Waals surface area contributed by atoms with Crippen LogP contribution in [-0.2, 0) is 0 Å². The molecule has 5 rings (SSSR count). The van der Waals surface area contributed by atoms with Crippen LogP contribution in [-0.4, -0.2) is 64.9 Å². The predicted octanol–water partition coefficient (Wildman–Crippen LogP) is 4.83. The second-order valence-corrected chi connectivity index (χ2v) is 10.3. The lowest BCUT2D eigenvalue weighted by Crippen LogP contribution is -2.49. The average molecular weight is 564 g/mol. The summed E-state index contributed by atoms with van der Waals surface area (Å²) in [7, 11) is 0. The molecule has 2 aliphatic rings. The number of piperidine rings is 1. The number of alkyl halides is 2. The van der Waals surface area contributed by atoms with Gasteiger partial charge in [0.05, 0.1) is 33.7 Å². The van der Waals surface area contributed by atoms with Crippen LogP contribution >= 0.6 is 23.4 Å². The van der Waals surface area contributed by atoms with E-state index in [1.165, 1.54) is 23.9 Å². The number of halogens is 4. The van der Waals surface area contributed by atoms with Gasteiger partial charge >= 0.3 is 0 Å². The average Bonchev–Trinajstić information content (AvgIpc) is 3.40. The summed E-state index contributed by atoms with van der Waals surface area (Å²) < 4.78 is 48.1. The zero-order valence-electron chi connectivity index (χ0n) is 20.2. The fourth-order valence-electron chi connectivity index (χ4n) is 4.73. The second kappa shape index (κ2) is 11.8. The maximum absolute atomic E-state index is 14.3. The third-order valence-electron chi connectivity index (χ3n) is 6.59. The normalized spacial score (nSPS) is 17.6. The SMILES string of the molecule is O=C(NCC(C1=C(C(F)F)NCS1)N1CCC(Oc2ccnc3cccnc23)CC1)c1c(F)cccc1Cl. The number of aromatic nitrogens is 2. The second-order valence-electron chi connectivity index (χ2n) is 8.90. The Morgan fingerprint density at radius 3 is 2.76 bits per heavy atom. The lowest BCUT2D eigenvalue weighted by molar-refractivity contribution is 0.0803. The molecule has 4 heterocycles. The molecule has 1 unspecified atom stereocenters. The Morgan fingerprint density at radius 1 is 1.18 bits per heavy atom. The minimum absolute atomic E-state index is 0.0143. The van der Waals surface area contributed by atoms with E-state index in [0.29, 0.717) is 48.0 Å². The number of nitrogens with one attached hydrogen (secondary N) is 2. The molecule has 200 valence electrons. The molecule has 1 saturated heterocycles. The Labute approximate surface area is 226 Å². The van der Waals surface area contributed by atoms with Crippen molar-refractivity contribution in [3.05, 3.63) is 75.8 Å². The molecule has 38 heavy (non-hydrogen) atoms. The van der Waals surface area contributed by atoms with Crippen LogP contribution in [0.15, 0.2) is 59.4 Å². The smallest absolute Gasteiger partial charge is 0.278 e. The molecule has 0 spiro atoms. The van der Waals surface area contributed by atoms with Crippen LogP contribution in [0.3, 0.4) is 0 Å².